The lowest BCUT2D eigenvalue weighted by atomic mass is 10.2. The Balaban J connectivity index is 1.74. The van der Waals surface area contributed by atoms with Crippen LogP contribution in [-0.4, -0.2) is 42.7 Å². The van der Waals surface area contributed by atoms with Gasteiger partial charge in [-0.15, -0.1) is 0 Å². The van der Waals surface area contributed by atoms with E-state index in [1.54, 1.807) is 0 Å². The molecule has 0 radical (unpaired) electrons. The molecule has 1 aromatic heterocycles. The van der Waals surface area contributed by atoms with Crippen LogP contribution in [0.15, 0.2) is 18.3 Å². The quantitative estimate of drug-likeness (QED) is 0.780. The van der Waals surface area contributed by atoms with Crippen molar-refractivity contribution in [2.45, 2.75) is 38.8 Å². The maximum atomic E-state index is 5.72. The van der Waals surface area contributed by atoms with Gasteiger partial charge in [0, 0.05) is 18.6 Å². The van der Waals surface area contributed by atoms with Crippen molar-refractivity contribution in [2.24, 2.45) is 0 Å². The van der Waals surface area contributed by atoms with Crippen LogP contribution in [0.1, 0.15) is 38.4 Å². The Morgan fingerprint density at radius 3 is 2.84 bits per heavy atom. The zero-order valence-electron chi connectivity index (χ0n) is 12.2. The number of nitrogens with zero attached hydrogens (tertiary/aromatic N) is 2. The van der Waals surface area contributed by atoms with Gasteiger partial charge in [-0.3, -0.25) is 4.98 Å². The summed E-state index contributed by atoms with van der Waals surface area (Å²) >= 11 is 0. The normalized spacial score (nSPS) is 16.6. The topological polar surface area (TPSA) is 37.4 Å². The molecule has 0 saturated heterocycles. The summed E-state index contributed by atoms with van der Waals surface area (Å²) in [6, 6.07) is 5.13. The standard InChI is InChI=1S/C15H25N3O/c1-4-16-12(2)15-8-7-14(11-17-15)19-10-9-18(3)13-5-6-13/h7-8,11-13,16H,4-6,9-10H2,1-3H3. The first-order chi connectivity index (χ1) is 9.20. The molecule has 0 aliphatic heterocycles. The molecule has 1 unspecified atom stereocenters. The van der Waals surface area contributed by atoms with Crippen molar-refractivity contribution < 1.29 is 4.74 Å². The second kappa shape index (κ2) is 6.87. The zero-order valence-corrected chi connectivity index (χ0v) is 12.2. The number of pyridine rings is 1. The van der Waals surface area contributed by atoms with E-state index < -0.39 is 0 Å². The SMILES string of the molecule is CCNC(C)c1ccc(OCCN(C)C2CC2)cn1. The minimum Gasteiger partial charge on any atom is -0.491 e. The lowest BCUT2D eigenvalue weighted by Crippen LogP contribution is -2.26. The molecular formula is C15H25N3O. The fourth-order valence-corrected chi connectivity index (χ4v) is 2.15. The number of ether oxygens (including phenoxy) is 1. The van der Waals surface area contributed by atoms with Crippen molar-refractivity contribution in [1.29, 1.82) is 0 Å². The Hall–Kier alpha value is -1.13. The van der Waals surface area contributed by atoms with Crippen LogP contribution >= 0.6 is 0 Å². The molecule has 1 aliphatic rings. The third-order valence-corrected chi connectivity index (χ3v) is 3.60. The van der Waals surface area contributed by atoms with Crippen LogP contribution in [0.3, 0.4) is 0 Å². The predicted octanol–water partition coefficient (Wildman–Crippen LogP) is 2.23. The first kappa shape index (κ1) is 14.3. The molecule has 2 rings (SSSR count). The Morgan fingerprint density at radius 1 is 1.47 bits per heavy atom. The highest BCUT2D eigenvalue weighted by Gasteiger charge is 2.25. The van der Waals surface area contributed by atoms with E-state index in [1.165, 1.54) is 12.8 Å². The van der Waals surface area contributed by atoms with Crippen molar-refractivity contribution in [1.82, 2.24) is 15.2 Å². The number of aromatic nitrogens is 1. The minimum absolute atomic E-state index is 0.292. The minimum atomic E-state index is 0.292. The molecule has 19 heavy (non-hydrogen) atoms. The monoisotopic (exact) mass is 263 g/mol. The second-order valence-corrected chi connectivity index (χ2v) is 5.26. The highest BCUT2D eigenvalue weighted by molar-refractivity contribution is 5.21. The molecule has 1 heterocycles. The summed E-state index contributed by atoms with van der Waals surface area (Å²) in [6.07, 6.45) is 4.50. The number of hydrogen-bond acceptors (Lipinski definition) is 4. The van der Waals surface area contributed by atoms with E-state index in [0.717, 1.165) is 37.2 Å². The van der Waals surface area contributed by atoms with Gasteiger partial charge in [0.05, 0.1) is 11.9 Å². The third-order valence-electron chi connectivity index (χ3n) is 3.60. The number of rotatable bonds is 8. The van der Waals surface area contributed by atoms with Gasteiger partial charge in [0.2, 0.25) is 0 Å². The van der Waals surface area contributed by atoms with Crippen molar-refractivity contribution in [2.75, 3.05) is 26.7 Å². The smallest absolute Gasteiger partial charge is 0.137 e. The fraction of sp³-hybridized carbons (Fsp3) is 0.667. The van der Waals surface area contributed by atoms with Crippen molar-refractivity contribution >= 4 is 0 Å². The number of nitrogens with one attached hydrogen (secondary N) is 1. The molecule has 1 aliphatic carbocycles. The van der Waals surface area contributed by atoms with Gasteiger partial charge in [-0.25, -0.2) is 0 Å². The van der Waals surface area contributed by atoms with Crippen LogP contribution in [0.4, 0.5) is 0 Å². The van der Waals surface area contributed by atoms with Crippen LogP contribution in [0.2, 0.25) is 0 Å². The number of hydrogen-bond donors (Lipinski definition) is 1. The Labute approximate surface area is 116 Å². The average molecular weight is 263 g/mol. The summed E-state index contributed by atoms with van der Waals surface area (Å²) in [5.74, 6) is 0.858. The third kappa shape index (κ3) is 4.48. The highest BCUT2D eigenvalue weighted by Crippen LogP contribution is 2.24. The van der Waals surface area contributed by atoms with Gasteiger partial charge in [0.25, 0.3) is 0 Å². The summed E-state index contributed by atoms with van der Waals surface area (Å²) in [5.41, 5.74) is 1.06. The first-order valence-corrected chi connectivity index (χ1v) is 7.23. The molecule has 1 fully saturated rings. The molecule has 4 heteroatoms. The Bertz CT molecular complexity index is 375. The molecule has 4 nitrogen and oxygen atoms in total. The van der Waals surface area contributed by atoms with E-state index in [9.17, 15) is 0 Å². The van der Waals surface area contributed by atoms with E-state index in [2.05, 4.69) is 36.1 Å². The van der Waals surface area contributed by atoms with Crippen LogP contribution < -0.4 is 10.1 Å². The largest absolute Gasteiger partial charge is 0.491 e. The van der Waals surface area contributed by atoms with Crippen LogP contribution in [0.25, 0.3) is 0 Å². The van der Waals surface area contributed by atoms with E-state index in [0.29, 0.717) is 6.04 Å². The fourth-order valence-electron chi connectivity index (χ4n) is 2.15. The van der Waals surface area contributed by atoms with Crippen molar-refractivity contribution in [3.05, 3.63) is 24.0 Å². The van der Waals surface area contributed by atoms with E-state index in [-0.39, 0.29) is 0 Å². The number of likely N-dealkylation sites (N-methyl/N-ethyl adjacent to an activating group) is 1. The molecule has 1 saturated carbocycles. The average Bonchev–Trinajstić information content (AvgIpc) is 3.24. The van der Waals surface area contributed by atoms with Crippen LogP contribution in [-0.2, 0) is 0 Å². The van der Waals surface area contributed by atoms with Gasteiger partial charge in [-0.1, -0.05) is 6.92 Å². The van der Waals surface area contributed by atoms with E-state index in [1.807, 2.05) is 18.3 Å². The maximum absolute atomic E-state index is 5.72. The molecule has 0 bridgehead atoms. The molecule has 1 N–H and O–H groups in total. The molecule has 1 atom stereocenters. The van der Waals surface area contributed by atoms with Gasteiger partial charge < -0.3 is 15.0 Å². The zero-order chi connectivity index (χ0) is 13.7. The van der Waals surface area contributed by atoms with Gasteiger partial charge in [0.1, 0.15) is 12.4 Å². The van der Waals surface area contributed by atoms with Crippen LogP contribution in [0, 0.1) is 0 Å². The summed E-state index contributed by atoms with van der Waals surface area (Å²) in [4.78, 5) is 6.81. The molecule has 0 spiro atoms. The molecular weight excluding hydrogens is 238 g/mol. The highest BCUT2D eigenvalue weighted by atomic mass is 16.5. The summed E-state index contributed by atoms with van der Waals surface area (Å²) in [6.45, 7) is 6.90. The predicted molar refractivity (Wildman–Crippen MR) is 77.5 cm³/mol. The lowest BCUT2D eigenvalue weighted by Gasteiger charge is -2.16. The summed E-state index contributed by atoms with van der Waals surface area (Å²) < 4.78 is 5.72. The maximum Gasteiger partial charge on any atom is 0.137 e. The summed E-state index contributed by atoms with van der Waals surface area (Å²) in [7, 11) is 2.17. The lowest BCUT2D eigenvalue weighted by molar-refractivity contribution is 0.231. The summed E-state index contributed by atoms with van der Waals surface area (Å²) in [5, 5.41) is 3.35. The molecule has 1 aromatic rings. The van der Waals surface area contributed by atoms with E-state index in [4.69, 9.17) is 4.74 Å². The molecule has 0 amide bonds. The molecule has 0 aromatic carbocycles. The van der Waals surface area contributed by atoms with Gasteiger partial charge in [0.15, 0.2) is 0 Å². The first-order valence-electron chi connectivity index (χ1n) is 7.23. The second-order valence-electron chi connectivity index (χ2n) is 5.26. The Morgan fingerprint density at radius 2 is 2.26 bits per heavy atom. The Kier molecular flexibility index (Phi) is 5.16. The van der Waals surface area contributed by atoms with Crippen molar-refractivity contribution in [3.63, 3.8) is 0 Å². The van der Waals surface area contributed by atoms with Gasteiger partial charge in [-0.05, 0) is 45.5 Å². The molecule has 106 valence electrons. The van der Waals surface area contributed by atoms with Gasteiger partial charge in [-0.2, -0.15) is 0 Å². The van der Waals surface area contributed by atoms with Gasteiger partial charge >= 0.3 is 0 Å². The van der Waals surface area contributed by atoms with Crippen LogP contribution in [0.5, 0.6) is 5.75 Å². The van der Waals surface area contributed by atoms with E-state index >= 15 is 0 Å². The van der Waals surface area contributed by atoms with Crippen molar-refractivity contribution in [3.8, 4) is 5.75 Å².